The quantitative estimate of drug-likeness (QED) is 0.460. The zero-order chi connectivity index (χ0) is 22.6. The molecule has 3 heterocycles. The Bertz CT molecular complexity index is 1230. The van der Waals surface area contributed by atoms with Gasteiger partial charge in [0.05, 0.1) is 12.2 Å². The fourth-order valence-corrected chi connectivity index (χ4v) is 4.75. The molecule has 1 fully saturated rings. The molecule has 0 aliphatic carbocycles. The van der Waals surface area contributed by atoms with E-state index < -0.39 is 0 Å². The van der Waals surface area contributed by atoms with E-state index in [0.29, 0.717) is 25.4 Å². The zero-order valence-corrected chi connectivity index (χ0v) is 18.4. The van der Waals surface area contributed by atoms with E-state index in [4.69, 9.17) is 4.42 Å². The number of para-hydroxylation sites is 1. The minimum atomic E-state index is -0.225. The summed E-state index contributed by atoms with van der Waals surface area (Å²) in [6, 6.07) is 21.8. The maximum Gasteiger partial charge on any atom is 0.289 e. The van der Waals surface area contributed by atoms with Crippen molar-refractivity contribution in [2.75, 3.05) is 19.6 Å². The number of likely N-dealkylation sites (tertiary alicyclic amines) is 1. The van der Waals surface area contributed by atoms with E-state index in [-0.39, 0.29) is 23.7 Å². The van der Waals surface area contributed by atoms with E-state index in [1.165, 1.54) is 6.26 Å². The Kier molecular flexibility index (Phi) is 5.98. The van der Waals surface area contributed by atoms with Crippen molar-refractivity contribution < 1.29 is 14.0 Å². The van der Waals surface area contributed by atoms with Crippen LogP contribution in [-0.2, 0) is 4.79 Å². The first-order valence-electron chi connectivity index (χ1n) is 11.4. The number of benzene rings is 2. The van der Waals surface area contributed by atoms with Crippen molar-refractivity contribution in [3.63, 3.8) is 0 Å². The highest BCUT2D eigenvalue weighted by Gasteiger charge is 2.30. The smallest absolute Gasteiger partial charge is 0.289 e. The van der Waals surface area contributed by atoms with Gasteiger partial charge in [-0.3, -0.25) is 9.59 Å². The highest BCUT2D eigenvalue weighted by molar-refractivity contribution is 5.92. The molecule has 0 saturated carbocycles. The Morgan fingerprint density at radius 1 is 1.06 bits per heavy atom. The third-order valence-electron chi connectivity index (χ3n) is 6.49. The fourth-order valence-electron chi connectivity index (χ4n) is 4.75. The van der Waals surface area contributed by atoms with Crippen LogP contribution in [-0.4, -0.2) is 41.3 Å². The lowest BCUT2D eigenvalue weighted by Crippen LogP contribution is -2.46. The fraction of sp³-hybridized carbons (Fsp3) is 0.259. The number of hydrogen-bond acceptors (Lipinski definition) is 3. The third kappa shape index (κ3) is 4.42. The second-order valence-corrected chi connectivity index (χ2v) is 8.57. The van der Waals surface area contributed by atoms with Gasteiger partial charge in [0.2, 0.25) is 5.91 Å². The van der Waals surface area contributed by atoms with Gasteiger partial charge < -0.3 is 19.6 Å². The molecule has 0 radical (unpaired) electrons. The summed E-state index contributed by atoms with van der Waals surface area (Å²) in [7, 11) is 0. The monoisotopic (exact) mass is 441 g/mol. The van der Waals surface area contributed by atoms with Crippen LogP contribution in [0.25, 0.3) is 10.9 Å². The highest BCUT2D eigenvalue weighted by atomic mass is 16.3. The lowest BCUT2D eigenvalue weighted by Gasteiger charge is -2.32. The Morgan fingerprint density at radius 3 is 2.70 bits per heavy atom. The first kappa shape index (κ1) is 21.1. The van der Waals surface area contributed by atoms with E-state index in [9.17, 15) is 9.59 Å². The molecular weight excluding hydrogens is 414 g/mol. The second kappa shape index (κ2) is 9.36. The van der Waals surface area contributed by atoms with Crippen LogP contribution in [0.3, 0.4) is 0 Å². The van der Waals surface area contributed by atoms with Crippen LogP contribution in [0.4, 0.5) is 0 Å². The second-order valence-electron chi connectivity index (χ2n) is 8.57. The molecule has 0 spiro atoms. The van der Waals surface area contributed by atoms with Crippen molar-refractivity contribution in [1.82, 2.24) is 15.2 Å². The number of aromatic amines is 1. The number of amides is 2. The number of nitrogens with zero attached hydrogens (tertiary/aromatic N) is 1. The number of rotatable bonds is 6. The molecule has 0 unspecified atom stereocenters. The van der Waals surface area contributed by atoms with Crippen LogP contribution in [0.5, 0.6) is 0 Å². The maximum atomic E-state index is 13.1. The summed E-state index contributed by atoms with van der Waals surface area (Å²) in [5, 5.41) is 4.34. The van der Waals surface area contributed by atoms with Gasteiger partial charge in [-0.05, 0) is 42.2 Å². The summed E-state index contributed by atoms with van der Waals surface area (Å²) in [5.41, 5.74) is 3.40. The normalized spacial score (nSPS) is 17.1. The molecule has 2 atom stereocenters. The molecule has 33 heavy (non-hydrogen) atoms. The molecule has 2 aromatic carbocycles. The number of fused-ring (bicyclic) bond motifs is 1. The summed E-state index contributed by atoms with van der Waals surface area (Å²) in [6.07, 6.45) is 5.11. The zero-order valence-electron chi connectivity index (χ0n) is 18.4. The van der Waals surface area contributed by atoms with Crippen molar-refractivity contribution in [2.45, 2.75) is 18.8 Å². The van der Waals surface area contributed by atoms with Crippen molar-refractivity contribution in [3.05, 3.63) is 96.1 Å². The Labute approximate surface area is 192 Å². The molecule has 1 saturated heterocycles. The predicted octanol–water partition coefficient (Wildman–Crippen LogP) is 4.56. The molecule has 6 nitrogen and oxygen atoms in total. The molecular formula is C27H27N3O3. The first-order chi connectivity index (χ1) is 16.2. The van der Waals surface area contributed by atoms with Gasteiger partial charge in [-0.1, -0.05) is 48.5 Å². The van der Waals surface area contributed by atoms with Gasteiger partial charge in [0.1, 0.15) is 0 Å². The predicted molar refractivity (Wildman–Crippen MR) is 127 cm³/mol. The number of hydrogen-bond donors (Lipinski definition) is 2. The summed E-state index contributed by atoms with van der Waals surface area (Å²) in [5.74, 6) is -0.0430. The van der Waals surface area contributed by atoms with Gasteiger partial charge in [0.25, 0.3) is 5.91 Å². The van der Waals surface area contributed by atoms with Crippen molar-refractivity contribution in [1.29, 1.82) is 0 Å². The Hall–Kier alpha value is -3.80. The molecule has 4 aromatic rings. The van der Waals surface area contributed by atoms with Crippen molar-refractivity contribution in [3.8, 4) is 0 Å². The summed E-state index contributed by atoms with van der Waals surface area (Å²) >= 11 is 0. The average Bonchev–Trinajstić information content (AvgIpc) is 3.55. The van der Waals surface area contributed by atoms with Crippen LogP contribution in [0.15, 0.2) is 83.6 Å². The molecule has 168 valence electrons. The molecule has 1 aliphatic rings. The molecule has 1 aliphatic heterocycles. The number of carbonyl (C=O) groups is 2. The average molecular weight is 442 g/mol. The summed E-state index contributed by atoms with van der Waals surface area (Å²) in [4.78, 5) is 30.9. The van der Waals surface area contributed by atoms with E-state index in [2.05, 4.69) is 34.6 Å². The van der Waals surface area contributed by atoms with Gasteiger partial charge in [-0.2, -0.15) is 0 Å². The lowest BCUT2D eigenvalue weighted by molar-refractivity contribution is -0.126. The molecule has 2 aromatic heterocycles. The minimum absolute atomic E-state index is 0.00674. The number of piperidine rings is 1. The van der Waals surface area contributed by atoms with Gasteiger partial charge in [-0.15, -0.1) is 0 Å². The molecule has 2 amide bonds. The summed E-state index contributed by atoms with van der Waals surface area (Å²) in [6.45, 7) is 1.55. The number of furan rings is 1. The SMILES string of the molecule is O=C(NC[C@@H](c1ccccc1)c1c[nH]c2ccccc12)[C@@H]1CCCN(C(=O)c2ccco2)C1. The van der Waals surface area contributed by atoms with Crippen LogP contribution < -0.4 is 5.32 Å². The number of H-pyrrole nitrogens is 1. The van der Waals surface area contributed by atoms with E-state index in [1.54, 1.807) is 17.0 Å². The van der Waals surface area contributed by atoms with Crippen LogP contribution in [0, 0.1) is 5.92 Å². The van der Waals surface area contributed by atoms with Crippen LogP contribution in [0.1, 0.15) is 40.4 Å². The molecule has 6 heteroatoms. The number of aromatic nitrogens is 1. The van der Waals surface area contributed by atoms with Gasteiger partial charge in [0.15, 0.2) is 5.76 Å². The lowest BCUT2D eigenvalue weighted by atomic mass is 9.90. The number of nitrogens with one attached hydrogen (secondary N) is 2. The largest absolute Gasteiger partial charge is 0.459 e. The van der Waals surface area contributed by atoms with Crippen LogP contribution in [0.2, 0.25) is 0 Å². The first-order valence-corrected chi connectivity index (χ1v) is 11.4. The molecule has 0 bridgehead atoms. The van der Waals surface area contributed by atoms with E-state index >= 15 is 0 Å². The Morgan fingerprint density at radius 2 is 1.88 bits per heavy atom. The van der Waals surface area contributed by atoms with Crippen LogP contribution >= 0.6 is 0 Å². The topological polar surface area (TPSA) is 78.3 Å². The highest BCUT2D eigenvalue weighted by Crippen LogP contribution is 2.30. The standard InChI is InChI=1S/C27H27N3O3/c31-26(20-10-6-14-30(18-20)27(32)25-13-7-15-33-25)29-16-22(19-8-2-1-3-9-19)23-17-28-24-12-5-4-11-21(23)24/h1-5,7-9,11-13,15,17,20,22,28H,6,10,14,16,18H2,(H,29,31)/t20-,22+/m1/s1. The maximum absolute atomic E-state index is 13.1. The summed E-state index contributed by atoms with van der Waals surface area (Å²) < 4.78 is 5.25. The van der Waals surface area contributed by atoms with Crippen molar-refractivity contribution in [2.24, 2.45) is 5.92 Å². The van der Waals surface area contributed by atoms with E-state index in [1.807, 2.05) is 36.5 Å². The van der Waals surface area contributed by atoms with Gasteiger partial charge in [0, 0.05) is 42.7 Å². The number of carbonyl (C=O) groups excluding carboxylic acids is 2. The van der Waals surface area contributed by atoms with Gasteiger partial charge >= 0.3 is 0 Å². The minimum Gasteiger partial charge on any atom is -0.459 e. The van der Waals surface area contributed by atoms with Crippen molar-refractivity contribution >= 4 is 22.7 Å². The molecule has 5 rings (SSSR count). The van der Waals surface area contributed by atoms with Gasteiger partial charge in [-0.25, -0.2) is 0 Å². The molecule has 2 N–H and O–H groups in total. The van der Waals surface area contributed by atoms with E-state index in [0.717, 1.165) is 34.9 Å². The Balaban J connectivity index is 1.31. The third-order valence-corrected chi connectivity index (χ3v) is 6.49.